The van der Waals surface area contributed by atoms with Crippen LogP contribution in [-0.2, 0) is 0 Å². The Kier molecular flexibility index (Phi) is 4.59. The lowest BCUT2D eigenvalue weighted by atomic mass is 10.0. The first-order valence-corrected chi connectivity index (χ1v) is 9.41. The number of nitrogens with zero attached hydrogens (tertiary/aromatic N) is 2. The van der Waals surface area contributed by atoms with Gasteiger partial charge < -0.3 is 15.2 Å². The first-order chi connectivity index (χ1) is 13.0. The minimum atomic E-state index is -0.0341. The minimum Gasteiger partial charge on any atom is -0.495 e. The highest BCUT2D eigenvalue weighted by atomic mass is 35.5. The van der Waals surface area contributed by atoms with E-state index in [-0.39, 0.29) is 5.88 Å². The lowest BCUT2D eigenvalue weighted by Crippen LogP contribution is -1.93. The zero-order valence-corrected chi connectivity index (χ0v) is 16.2. The number of nitrogens with one attached hydrogen (secondary N) is 1. The Morgan fingerprint density at radius 2 is 2.04 bits per heavy atom. The molecule has 1 aromatic heterocycles. The maximum atomic E-state index is 10.3. The Morgan fingerprint density at radius 3 is 2.85 bits per heavy atom. The van der Waals surface area contributed by atoms with Crippen LogP contribution in [0, 0.1) is 0 Å². The van der Waals surface area contributed by atoms with Crippen molar-refractivity contribution in [2.45, 2.75) is 6.92 Å². The molecule has 0 amide bonds. The number of benzene rings is 2. The molecule has 0 bridgehead atoms. The summed E-state index contributed by atoms with van der Waals surface area (Å²) in [6.07, 6.45) is 1.91. The van der Waals surface area contributed by atoms with Gasteiger partial charge in [0.15, 0.2) is 5.13 Å². The van der Waals surface area contributed by atoms with Crippen molar-refractivity contribution in [3.63, 3.8) is 0 Å². The van der Waals surface area contributed by atoms with E-state index in [1.54, 1.807) is 25.3 Å². The van der Waals surface area contributed by atoms with Gasteiger partial charge in [-0.3, -0.25) is 4.99 Å². The minimum absolute atomic E-state index is 0.0341. The van der Waals surface area contributed by atoms with Crippen molar-refractivity contribution in [1.29, 1.82) is 0 Å². The zero-order valence-electron chi connectivity index (χ0n) is 14.7. The van der Waals surface area contributed by atoms with Gasteiger partial charge in [0.25, 0.3) is 0 Å². The van der Waals surface area contributed by atoms with Crippen LogP contribution in [0.15, 0.2) is 47.5 Å². The fourth-order valence-corrected chi connectivity index (χ4v) is 3.90. The molecule has 0 saturated carbocycles. The summed E-state index contributed by atoms with van der Waals surface area (Å²) in [5.41, 5.74) is 4.56. The van der Waals surface area contributed by atoms with Crippen LogP contribution in [0.3, 0.4) is 0 Å². The molecule has 2 N–H and O–H groups in total. The van der Waals surface area contributed by atoms with Crippen molar-refractivity contribution in [2.75, 3.05) is 12.4 Å². The zero-order chi connectivity index (χ0) is 19.0. The molecule has 0 fully saturated rings. The first kappa shape index (κ1) is 17.6. The molecule has 0 saturated heterocycles. The number of methoxy groups -OCH3 is 1. The van der Waals surface area contributed by atoms with Crippen LogP contribution in [0.2, 0.25) is 5.02 Å². The van der Waals surface area contributed by atoms with Gasteiger partial charge in [-0.15, -0.1) is 0 Å². The molecule has 7 heteroatoms. The van der Waals surface area contributed by atoms with E-state index in [4.69, 9.17) is 16.3 Å². The highest BCUT2D eigenvalue weighted by molar-refractivity contribution is 7.16. The van der Waals surface area contributed by atoms with Crippen LogP contribution in [0.4, 0.5) is 16.5 Å². The van der Waals surface area contributed by atoms with Gasteiger partial charge in [0, 0.05) is 21.9 Å². The van der Waals surface area contributed by atoms with E-state index in [0.29, 0.717) is 26.5 Å². The third-order valence-electron chi connectivity index (χ3n) is 4.19. The monoisotopic (exact) mass is 397 g/mol. The molecule has 3 aromatic rings. The van der Waals surface area contributed by atoms with Crippen molar-refractivity contribution >= 4 is 56.8 Å². The predicted molar refractivity (Wildman–Crippen MR) is 112 cm³/mol. The standard InChI is InChI=1S/C20H16ClN3O2S/c1-11-14(13-5-3-4-6-15(13)22-11)10-18-19(25)24-20(27-18)23-16-9-12(21)7-8-17(16)26-2/h3-10,25H,1-2H3,(H,23,24). The average Bonchev–Trinajstić information content (AvgIpc) is 3.15. The number of aromatic hydroxyl groups is 1. The van der Waals surface area contributed by atoms with Crippen LogP contribution in [0.5, 0.6) is 11.6 Å². The molecular weight excluding hydrogens is 382 g/mol. The molecular formula is C20H16ClN3O2S. The van der Waals surface area contributed by atoms with Gasteiger partial charge in [-0.1, -0.05) is 41.1 Å². The molecule has 0 radical (unpaired) electrons. The molecule has 0 spiro atoms. The second kappa shape index (κ2) is 7.06. The lowest BCUT2D eigenvalue weighted by Gasteiger charge is -2.08. The van der Waals surface area contributed by atoms with Gasteiger partial charge in [0.1, 0.15) is 5.75 Å². The number of hydrogen-bond donors (Lipinski definition) is 2. The summed E-state index contributed by atoms with van der Waals surface area (Å²) >= 11 is 7.41. The Hall–Kier alpha value is -2.83. The van der Waals surface area contributed by atoms with Crippen LogP contribution in [0.1, 0.15) is 17.4 Å². The topological polar surface area (TPSA) is 66.7 Å². The fraction of sp³-hybridized carbons (Fsp3) is 0.100. The Labute approximate surface area is 165 Å². The van der Waals surface area contributed by atoms with Crippen molar-refractivity contribution < 1.29 is 9.84 Å². The summed E-state index contributed by atoms with van der Waals surface area (Å²) in [7, 11) is 1.59. The molecule has 0 atom stereocenters. The second-order valence-electron chi connectivity index (χ2n) is 5.95. The van der Waals surface area contributed by atoms with E-state index < -0.39 is 0 Å². The first-order valence-electron chi connectivity index (χ1n) is 8.22. The van der Waals surface area contributed by atoms with Gasteiger partial charge >= 0.3 is 0 Å². The normalized spacial score (nSPS) is 14.2. The predicted octanol–water partition coefficient (Wildman–Crippen LogP) is 5.90. The van der Waals surface area contributed by atoms with E-state index in [1.165, 1.54) is 11.3 Å². The highest BCUT2D eigenvalue weighted by Crippen LogP contribution is 2.40. The van der Waals surface area contributed by atoms with E-state index in [1.807, 2.05) is 37.3 Å². The number of halogens is 1. The number of hydrogen-bond acceptors (Lipinski definition) is 6. The Bertz CT molecular complexity index is 1090. The average molecular weight is 398 g/mol. The number of rotatable bonds is 4. The SMILES string of the molecule is COc1ccc(Cl)cc1Nc1nc(O)c(C=C2C(C)=Nc3ccccc32)s1. The lowest BCUT2D eigenvalue weighted by molar-refractivity contribution is 0.417. The van der Waals surface area contributed by atoms with E-state index >= 15 is 0 Å². The number of fused-ring (bicyclic) bond motifs is 1. The molecule has 0 unspecified atom stereocenters. The summed E-state index contributed by atoms with van der Waals surface area (Å²) in [4.78, 5) is 9.44. The van der Waals surface area contributed by atoms with Gasteiger partial charge in [0.05, 0.1) is 23.4 Å². The molecule has 1 aliphatic rings. The van der Waals surface area contributed by atoms with Gasteiger partial charge in [-0.25, -0.2) is 0 Å². The fourth-order valence-electron chi connectivity index (χ4n) is 2.91. The second-order valence-corrected chi connectivity index (χ2v) is 7.42. The molecule has 27 heavy (non-hydrogen) atoms. The maximum Gasteiger partial charge on any atom is 0.231 e. The summed E-state index contributed by atoms with van der Waals surface area (Å²) in [5.74, 6) is 0.606. The molecule has 4 rings (SSSR count). The third-order valence-corrected chi connectivity index (χ3v) is 5.33. The van der Waals surface area contributed by atoms with Crippen LogP contribution in [-0.4, -0.2) is 22.9 Å². The number of anilines is 2. The Balaban J connectivity index is 1.67. The number of thiazole rings is 1. The summed E-state index contributed by atoms with van der Waals surface area (Å²) in [6.45, 7) is 1.96. The van der Waals surface area contributed by atoms with E-state index in [9.17, 15) is 5.11 Å². The number of aromatic nitrogens is 1. The van der Waals surface area contributed by atoms with Crippen molar-refractivity contribution in [3.8, 4) is 11.6 Å². The highest BCUT2D eigenvalue weighted by Gasteiger charge is 2.19. The summed E-state index contributed by atoms with van der Waals surface area (Å²) in [6, 6.07) is 13.2. The molecule has 2 heterocycles. The van der Waals surface area contributed by atoms with E-state index in [2.05, 4.69) is 15.3 Å². The quantitative estimate of drug-likeness (QED) is 0.575. The molecule has 2 aromatic carbocycles. The Morgan fingerprint density at radius 1 is 1.22 bits per heavy atom. The molecule has 136 valence electrons. The van der Waals surface area contributed by atoms with Crippen molar-refractivity contribution in [2.24, 2.45) is 4.99 Å². The number of aliphatic imine (C=N–C) groups is 1. The number of para-hydroxylation sites is 1. The van der Waals surface area contributed by atoms with Crippen LogP contribution >= 0.6 is 22.9 Å². The summed E-state index contributed by atoms with van der Waals surface area (Å²) in [5, 5.41) is 14.6. The number of allylic oxidation sites excluding steroid dienone is 1. The maximum absolute atomic E-state index is 10.3. The smallest absolute Gasteiger partial charge is 0.231 e. The largest absolute Gasteiger partial charge is 0.495 e. The number of ether oxygens (including phenoxy) is 1. The molecule has 1 aliphatic heterocycles. The van der Waals surface area contributed by atoms with Crippen molar-refractivity contribution in [1.82, 2.24) is 4.98 Å². The molecule has 5 nitrogen and oxygen atoms in total. The third kappa shape index (κ3) is 3.41. The van der Waals surface area contributed by atoms with Gasteiger partial charge in [-0.05, 0) is 37.3 Å². The molecule has 0 aliphatic carbocycles. The van der Waals surface area contributed by atoms with Gasteiger partial charge in [-0.2, -0.15) is 4.98 Å². The van der Waals surface area contributed by atoms with Crippen molar-refractivity contribution in [3.05, 3.63) is 57.9 Å². The van der Waals surface area contributed by atoms with Crippen LogP contribution < -0.4 is 10.1 Å². The van der Waals surface area contributed by atoms with Gasteiger partial charge in [0.2, 0.25) is 5.88 Å². The summed E-state index contributed by atoms with van der Waals surface area (Å²) < 4.78 is 5.34. The van der Waals surface area contributed by atoms with E-state index in [0.717, 1.165) is 22.5 Å². The van der Waals surface area contributed by atoms with Crippen LogP contribution in [0.25, 0.3) is 11.6 Å².